The molecule has 0 saturated heterocycles. The summed E-state index contributed by atoms with van der Waals surface area (Å²) >= 11 is 11.6. The molecule has 0 bridgehead atoms. The van der Waals surface area contributed by atoms with Crippen LogP contribution >= 0.6 is 23.2 Å². The fourth-order valence-corrected chi connectivity index (χ4v) is 3.72. The van der Waals surface area contributed by atoms with E-state index in [-0.39, 0.29) is 17.5 Å². The molecule has 0 aliphatic heterocycles. The molecule has 0 aliphatic rings. The van der Waals surface area contributed by atoms with Gasteiger partial charge in [-0.1, -0.05) is 23.7 Å². The third-order valence-electron chi connectivity index (χ3n) is 3.14. The summed E-state index contributed by atoms with van der Waals surface area (Å²) in [7, 11) is -2.19. The fourth-order valence-electron chi connectivity index (χ4n) is 1.88. The van der Waals surface area contributed by atoms with Crippen LogP contribution in [0.1, 0.15) is 16.8 Å². The van der Waals surface area contributed by atoms with Gasteiger partial charge in [0.25, 0.3) is 10.0 Å². The zero-order valence-electron chi connectivity index (χ0n) is 11.6. The van der Waals surface area contributed by atoms with Crippen LogP contribution in [0.4, 0.5) is 0 Å². The van der Waals surface area contributed by atoms with E-state index in [1.165, 1.54) is 11.4 Å². The van der Waals surface area contributed by atoms with E-state index >= 15 is 0 Å². The number of alkyl halides is 1. The third-order valence-corrected chi connectivity index (χ3v) is 5.44. The number of halogens is 2. The van der Waals surface area contributed by atoms with Gasteiger partial charge in [0.2, 0.25) is 0 Å². The van der Waals surface area contributed by atoms with Gasteiger partial charge in [0.15, 0.2) is 5.03 Å². The molecule has 21 heavy (non-hydrogen) atoms. The van der Waals surface area contributed by atoms with Crippen LogP contribution in [0, 0.1) is 6.92 Å². The van der Waals surface area contributed by atoms with Crippen LogP contribution in [0.2, 0.25) is 5.02 Å². The van der Waals surface area contributed by atoms with Crippen molar-refractivity contribution in [2.75, 3.05) is 7.05 Å². The Balaban J connectivity index is 2.28. The highest BCUT2D eigenvalue weighted by Gasteiger charge is 2.27. The molecule has 2 rings (SSSR count). The first-order valence-corrected chi connectivity index (χ1v) is 8.52. The number of H-pyrrole nitrogens is 1. The monoisotopic (exact) mass is 347 g/mol. The number of aromatic amines is 1. The van der Waals surface area contributed by atoms with E-state index in [9.17, 15) is 8.42 Å². The van der Waals surface area contributed by atoms with Crippen LogP contribution in [0.3, 0.4) is 0 Å². The smallest absolute Gasteiger partial charge is 0.262 e. The van der Waals surface area contributed by atoms with Crippen molar-refractivity contribution in [1.29, 1.82) is 0 Å². The minimum absolute atomic E-state index is 0.0218. The average molecular weight is 348 g/mol. The lowest BCUT2D eigenvalue weighted by Gasteiger charge is -2.16. The van der Waals surface area contributed by atoms with E-state index < -0.39 is 10.0 Å². The standard InChI is InChI=1S/C13H15Cl2N3O2S/c1-9-12(7-14)13(17-16-9)21(19,20)18(2)8-10-3-5-11(15)6-4-10/h3-6H,7-8H2,1-2H3,(H,16,17). The summed E-state index contributed by atoms with van der Waals surface area (Å²) in [5.41, 5.74) is 1.99. The number of hydrogen-bond acceptors (Lipinski definition) is 3. The number of rotatable bonds is 5. The average Bonchev–Trinajstić information content (AvgIpc) is 2.82. The van der Waals surface area contributed by atoms with Gasteiger partial charge in [0, 0.05) is 29.9 Å². The van der Waals surface area contributed by atoms with E-state index in [0.29, 0.717) is 16.3 Å². The lowest BCUT2D eigenvalue weighted by molar-refractivity contribution is 0.463. The Labute approximate surface area is 133 Å². The van der Waals surface area contributed by atoms with Crippen molar-refractivity contribution in [2.24, 2.45) is 0 Å². The summed E-state index contributed by atoms with van der Waals surface area (Å²) in [6.45, 7) is 1.97. The summed E-state index contributed by atoms with van der Waals surface area (Å²) < 4.78 is 26.3. The molecule has 0 atom stereocenters. The highest BCUT2D eigenvalue weighted by atomic mass is 35.5. The van der Waals surface area contributed by atoms with Gasteiger partial charge in [0.1, 0.15) is 0 Å². The van der Waals surface area contributed by atoms with Gasteiger partial charge in [-0.2, -0.15) is 9.40 Å². The lowest BCUT2D eigenvalue weighted by Crippen LogP contribution is -2.27. The predicted molar refractivity (Wildman–Crippen MR) is 83.0 cm³/mol. The molecular weight excluding hydrogens is 333 g/mol. The Morgan fingerprint density at radius 1 is 1.29 bits per heavy atom. The van der Waals surface area contributed by atoms with Gasteiger partial charge in [-0.15, -0.1) is 11.6 Å². The molecule has 114 valence electrons. The Hall–Kier alpha value is -1.08. The van der Waals surface area contributed by atoms with Gasteiger partial charge in [-0.3, -0.25) is 5.10 Å². The topological polar surface area (TPSA) is 66.1 Å². The van der Waals surface area contributed by atoms with Gasteiger partial charge >= 0.3 is 0 Å². The van der Waals surface area contributed by atoms with Crippen LogP contribution in [0.15, 0.2) is 29.3 Å². The maximum atomic E-state index is 12.6. The second kappa shape index (κ2) is 6.36. The second-order valence-electron chi connectivity index (χ2n) is 4.65. The summed E-state index contributed by atoms with van der Waals surface area (Å²) in [5.74, 6) is 0.0890. The number of aryl methyl sites for hydroxylation is 1. The maximum Gasteiger partial charge on any atom is 0.262 e. The van der Waals surface area contributed by atoms with Crippen molar-refractivity contribution in [3.05, 3.63) is 46.1 Å². The molecule has 1 N–H and O–H groups in total. The lowest BCUT2D eigenvalue weighted by atomic mass is 10.2. The van der Waals surface area contributed by atoms with E-state index in [1.54, 1.807) is 31.2 Å². The highest BCUT2D eigenvalue weighted by Crippen LogP contribution is 2.22. The van der Waals surface area contributed by atoms with E-state index in [2.05, 4.69) is 10.2 Å². The van der Waals surface area contributed by atoms with E-state index in [0.717, 1.165) is 5.56 Å². The first-order valence-electron chi connectivity index (χ1n) is 6.17. The van der Waals surface area contributed by atoms with Crippen molar-refractivity contribution in [1.82, 2.24) is 14.5 Å². The molecule has 0 saturated carbocycles. The predicted octanol–water partition coefficient (Wildman–Crippen LogP) is 2.93. The molecule has 1 aromatic carbocycles. The Morgan fingerprint density at radius 3 is 2.48 bits per heavy atom. The summed E-state index contributed by atoms with van der Waals surface area (Å²) in [6.07, 6.45) is 0. The van der Waals surface area contributed by atoms with Crippen molar-refractivity contribution >= 4 is 33.2 Å². The fraction of sp³-hybridized carbons (Fsp3) is 0.308. The van der Waals surface area contributed by atoms with Crippen molar-refractivity contribution in [3.8, 4) is 0 Å². The minimum atomic E-state index is -3.70. The number of benzene rings is 1. The Bertz CT molecular complexity index is 726. The molecule has 0 radical (unpaired) electrons. The molecule has 1 aromatic heterocycles. The Morgan fingerprint density at radius 2 is 1.90 bits per heavy atom. The molecular formula is C13H15Cl2N3O2S. The SMILES string of the molecule is Cc1[nH]nc(S(=O)(=O)N(C)Cc2ccc(Cl)cc2)c1CCl. The summed E-state index contributed by atoms with van der Waals surface area (Å²) in [4.78, 5) is 0. The number of sulfonamides is 1. The largest absolute Gasteiger partial charge is 0.281 e. The van der Waals surface area contributed by atoms with Crippen LogP contribution in [0.25, 0.3) is 0 Å². The van der Waals surface area contributed by atoms with Crippen LogP contribution in [0.5, 0.6) is 0 Å². The van der Waals surface area contributed by atoms with Crippen molar-refractivity contribution in [3.63, 3.8) is 0 Å². The van der Waals surface area contributed by atoms with Gasteiger partial charge < -0.3 is 0 Å². The van der Waals surface area contributed by atoms with Gasteiger partial charge in [-0.25, -0.2) is 8.42 Å². The molecule has 0 amide bonds. The van der Waals surface area contributed by atoms with E-state index in [4.69, 9.17) is 23.2 Å². The highest BCUT2D eigenvalue weighted by molar-refractivity contribution is 7.89. The number of aromatic nitrogens is 2. The molecule has 0 spiro atoms. The minimum Gasteiger partial charge on any atom is -0.281 e. The number of nitrogens with zero attached hydrogens (tertiary/aromatic N) is 2. The maximum absolute atomic E-state index is 12.6. The van der Waals surface area contributed by atoms with Gasteiger partial charge in [-0.05, 0) is 24.6 Å². The molecule has 5 nitrogen and oxygen atoms in total. The van der Waals surface area contributed by atoms with Crippen LogP contribution < -0.4 is 0 Å². The van der Waals surface area contributed by atoms with Gasteiger partial charge in [0.05, 0.1) is 5.88 Å². The molecule has 0 aliphatic carbocycles. The van der Waals surface area contributed by atoms with Crippen molar-refractivity contribution < 1.29 is 8.42 Å². The Kier molecular flexibility index (Phi) is 4.93. The molecule has 0 fully saturated rings. The van der Waals surface area contributed by atoms with Crippen LogP contribution in [-0.2, 0) is 22.4 Å². The van der Waals surface area contributed by atoms with Crippen LogP contribution in [-0.4, -0.2) is 30.0 Å². The first kappa shape index (κ1) is 16.3. The number of nitrogens with one attached hydrogen (secondary N) is 1. The third kappa shape index (κ3) is 3.40. The molecule has 2 aromatic rings. The zero-order valence-corrected chi connectivity index (χ0v) is 13.9. The van der Waals surface area contributed by atoms with Crippen molar-refractivity contribution in [2.45, 2.75) is 24.4 Å². The summed E-state index contributed by atoms with van der Waals surface area (Å²) in [5, 5.41) is 7.12. The number of hydrogen-bond donors (Lipinski definition) is 1. The quantitative estimate of drug-likeness (QED) is 0.845. The summed E-state index contributed by atoms with van der Waals surface area (Å²) in [6, 6.07) is 7.01. The molecule has 0 unspecified atom stereocenters. The first-order chi connectivity index (χ1) is 9.86. The van der Waals surface area contributed by atoms with E-state index in [1.807, 2.05) is 0 Å². The molecule has 1 heterocycles. The molecule has 8 heteroatoms. The normalized spacial score (nSPS) is 12.0. The zero-order chi connectivity index (χ0) is 15.6. The second-order valence-corrected chi connectivity index (χ2v) is 7.32.